The molecular weight excluding hydrogens is 336 g/mol. The predicted molar refractivity (Wildman–Crippen MR) is 93.3 cm³/mol. The van der Waals surface area contributed by atoms with E-state index in [-0.39, 0.29) is 17.0 Å². The lowest BCUT2D eigenvalue weighted by molar-refractivity contribution is -0.105. The molecule has 1 aromatic rings. The molecule has 5 nitrogen and oxygen atoms in total. The smallest absolute Gasteiger partial charge is 0.265 e. The van der Waals surface area contributed by atoms with Gasteiger partial charge in [0.25, 0.3) is 5.56 Å². The number of carbonyl (C=O) groups excluding carboxylic acids is 1. The van der Waals surface area contributed by atoms with Crippen molar-refractivity contribution in [2.45, 2.75) is 46.2 Å². The molecule has 0 amide bonds. The molecule has 0 bridgehead atoms. The second-order valence-electron chi connectivity index (χ2n) is 5.29. The minimum Gasteiger partial charge on any atom is -0.494 e. The SMILES string of the molecule is CCn1c(O)c(C=C2CCCC(C=O)=C2Cl)c(=O)n(CC)c1=S. The third-order valence-corrected chi connectivity index (χ3v) is 4.91. The van der Waals surface area contributed by atoms with Gasteiger partial charge in [-0.2, -0.15) is 0 Å². The van der Waals surface area contributed by atoms with Gasteiger partial charge in [0.2, 0.25) is 5.88 Å². The maximum Gasteiger partial charge on any atom is 0.265 e. The lowest BCUT2D eigenvalue weighted by Crippen LogP contribution is -2.26. The molecule has 1 aromatic heterocycles. The normalized spacial score (nSPS) is 16.9. The molecule has 0 unspecified atom stereocenters. The summed E-state index contributed by atoms with van der Waals surface area (Å²) in [5.74, 6) is -0.164. The van der Waals surface area contributed by atoms with Crippen LogP contribution < -0.4 is 5.56 Å². The van der Waals surface area contributed by atoms with Gasteiger partial charge in [0.05, 0.1) is 5.03 Å². The highest BCUT2D eigenvalue weighted by Crippen LogP contribution is 2.33. The number of rotatable bonds is 4. The minimum absolute atomic E-state index is 0.155. The zero-order valence-electron chi connectivity index (χ0n) is 13.1. The first-order chi connectivity index (χ1) is 11.0. The Bertz CT molecular complexity index is 818. The van der Waals surface area contributed by atoms with Crippen molar-refractivity contribution < 1.29 is 9.90 Å². The van der Waals surface area contributed by atoms with E-state index in [2.05, 4.69) is 0 Å². The molecule has 124 valence electrons. The van der Waals surface area contributed by atoms with Gasteiger partial charge in [0, 0.05) is 18.7 Å². The highest BCUT2D eigenvalue weighted by atomic mass is 35.5. The molecule has 1 heterocycles. The molecule has 0 aromatic carbocycles. The van der Waals surface area contributed by atoms with E-state index in [0.29, 0.717) is 46.9 Å². The van der Waals surface area contributed by atoms with Crippen LogP contribution >= 0.6 is 23.8 Å². The number of aromatic nitrogens is 2. The zero-order chi connectivity index (χ0) is 17.1. The van der Waals surface area contributed by atoms with E-state index >= 15 is 0 Å². The van der Waals surface area contributed by atoms with E-state index in [1.54, 1.807) is 6.08 Å². The molecule has 0 saturated heterocycles. The number of aldehydes is 1. The van der Waals surface area contributed by atoms with Gasteiger partial charge in [-0.05, 0) is 57.0 Å². The first kappa shape index (κ1) is 17.7. The Morgan fingerprint density at radius 1 is 1.26 bits per heavy atom. The van der Waals surface area contributed by atoms with Crippen LogP contribution in [0.25, 0.3) is 6.08 Å². The van der Waals surface area contributed by atoms with Crippen molar-refractivity contribution in [3.63, 3.8) is 0 Å². The van der Waals surface area contributed by atoms with Crippen molar-refractivity contribution in [3.8, 4) is 5.88 Å². The van der Waals surface area contributed by atoms with Crippen molar-refractivity contribution in [1.29, 1.82) is 0 Å². The largest absolute Gasteiger partial charge is 0.494 e. The molecule has 0 radical (unpaired) electrons. The lowest BCUT2D eigenvalue weighted by atomic mass is 9.94. The highest BCUT2D eigenvalue weighted by Gasteiger charge is 2.19. The standard InChI is InChI=1S/C16H19ClN2O3S/c1-3-18-14(21)12(15(22)19(4-2)16(18)23)8-10-6-5-7-11(9-20)13(10)17/h8-9,21H,3-7H2,1-2H3. The molecule has 2 rings (SSSR count). The Morgan fingerprint density at radius 3 is 2.48 bits per heavy atom. The minimum atomic E-state index is -0.352. The fourth-order valence-electron chi connectivity index (χ4n) is 2.72. The van der Waals surface area contributed by atoms with Gasteiger partial charge in [-0.15, -0.1) is 0 Å². The number of allylic oxidation sites excluding steroid dienone is 3. The van der Waals surface area contributed by atoms with E-state index in [1.807, 2.05) is 13.8 Å². The molecule has 0 saturated carbocycles. The summed E-state index contributed by atoms with van der Waals surface area (Å²) in [6.45, 7) is 4.53. The number of halogens is 1. The van der Waals surface area contributed by atoms with Crippen LogP contribution in [0.4, 0.5) is 0 Å². The number of nitrogens with zero attached hydrogens (tertiary/aromatic N) is 2. The van der Waals surface area contributed by atoms with Crippen LogP contribution in [-0.4, -0.2) is 20.5 Å². The van der Waals surface area contributed by atoms with E-state index in [1.165, 1.54) is 9.13 Å². The van der Waals surface area contributed by atoms with Gasteiger partial charge in [0.1, 0.15) is 11.8 Å². The van der Waals surface area contributed by atoms with Crippen molar-refractivity contribution >= 4 is 36.2 Å². The lowest BCUT2D eigenvalue weighted by Gasteiger charge is -2.17. The van der Waals surface area contributed by atoms with Crippen LogP contribution in [0.3, 0.4) is 0 Å². The fourth-order valence-corrected chi connectivity index (χ4v) is 3.43. The zero-order valence-corrected chi connectivity index (χ0v) is 14.7. The van der Waals surface area contributed by atoms with Crippen molar-refractivity contribution in [3.05, 3.63) is 36.9 Å². The first-order valence-electron chi connectivity index (χ1n) is 7.57. The summed E-state index contributed by atoms with van der Waals surface area (Å²) in [6.07, 6.45) is 4.40. The molecule has 0 aliphatic heterocycles. The summed E-state index contributed by atoms with van der Waals surface area (Å²) in [4.78, 5) is 23.6. The molecule has 7 heteroatoms. The molecular formula is C16H19ClN2O3S. The predicted octanol–water partition coefficient (Wildman–Crippen LogP) is 3.38. The summed E-state index contributed by atoms with van der Waals surface area (Å²) in [5, 5.41) is 10.8. The van der Waals surface area contributed by atoms with Gasteiger partial charge >= 0.3 is 0 Å². The Balaban J connectivity index is 2.74. The van der Waals surface area contributed by atoms with Crippen LogP contribution in [0.5, 0.6) is 5.88 Å². The second kappa shape index (κ2) is 7.27. The first-order valence-corrected chi connectivity index (χ1v) is 8.36. The van der Waals surface area contributed by atoms with Crippen LogP contribution in [0.2, 0.25) is 0 Å². The molecule has 0 spiro atoms. The monoisotopic (exact) mass is 354 g/mol. The van der Waals surface area contributed by atoms with Crippen LogP contribution in [0, 0.1) is 4.77 Å². The van der Waals surface area contributed by atoms with Gasteiger partial charge in [0.15, 0.2) is 4.77 Å². The fraction of sp³-hybridized carbons (Fsp3) is 0.438. The molecule has 1 N–H and O–H groups in total. The second-order valence-corrected chi connectivity index (χ2v) is 6.04. The Hall–Kier alpha value is -1.66. The Kier molecular flexibility index (Phi) is 5.59. The van der Waals surface area contributed by atoms with E-state index in [0.717, 1.165) is 12.7 Å². The topological polar surface area (TPSA) is 64.2 Å². The third kappa shape index (κ3) is 3.19. The molecule has 1 aliphatic carbocycles. The maximum absolute atomic E-state index is 12.6. The molecule has 0 fully saturated rings. The molecule has 23 heavy (non-hydrogen) atoms. The quantitative estimate of drug-likeness (QED) is 0.665. The average molecular weight is 355 g/mol. The number of carbonyl (C=O) groups is 1. The summed E-state index contributed by atoms with van der Waals surface area (Å²) in [5.41, 5.74) is 1.02. The summed E-state index contributed by atoms with van der Waals surface area (Å²) >= 11 is 11.5. The number of hydrogen-bond acceptors (Lipinski definition) is 4. The van der Waals surface area contributed by atoms with Gasteiger partial charge in [-0.25, -0.2) is 0 Å². The summed E-state index contributed by atoms with van der Waals surface area (Å²) in [6, 6.07) is 0. The Morgan fingerprint density at radius 2 is 1.91 bits per heavy atom. The Labute approximate surface area is 144 Å². The van der Waals surface area contributed by atoms with Crippen molar-refractivity contribution in [2.24, 2.45) is 0 Å². The van der Waals surface area contributed by atoms with Crippen LogP contribution in [0.1, 0.15) is 38.7 Å². The van der Waals surface area contributed by atoms with E-state index < -0.39 is 0 Å². The summed E-state index contributed by atoms with van der Waals surface area (Å²) < 4.78 is 3.23. The molecule has 0 atom stereocenters. The average Bonchev–Trinajstić information content (AvgIpc) is 2.54. The van der Waals surface area contributed by atoms with E-state index in [9.17, 15) is 14.7 Å². The number of hydrogen-bond donors (Lipinski definition) is 1. The third-order valence-electron chi connectivity index (χ3n) is 3.98. The van der Waals surface area contributed by atoms with Crippen LogP contribution in [-0.2, 0) is 17.9 Å². The summed E-state index contributed by atoms with van der Waals surface area (Å²) in [7, 11) is 0. The highest BCUT2D eigenvalue weighted by molar-refractivity contribution is 7.71. The van der Waals surface area contributed by atoms with Gasteiger partial charge < -0.3 is 5.11 Å². The van der Waals surface area contributed by atoms with Crippen molar-refractivity contribution in [1.82, 2.24) is 9.13 Å². The maximum atomic E-state index is 12.6. The van der Waals surface area contributed by atoms with Gasteiger partial charge in [-0.3, -0.25) is 18.7 Å². The van der Waals surface area contributed by atoms with E-state index in [4.69, 9.17) is 23.8 Å². The molecule has 1 aliphatic rings. The van der Waals surface area contributed by atoms with Crippen LogP contribution in [0.15, 0.2) is 21.0 Å². The number of aromatic hydroxyl groups is 1. The van der Waals surface area contributed by atoms with Crippen molar-refractivity contribution in [2.75, 3.05) is 0 Å². The van der Waals surface area contributed by atoms with Gasteiger partial charge in [-0.1, -0.05) is 11.6 Å².